The van der Waals surface area contributed by atoms with Gasteiger partial charge in [-0.1, -0.05) is 0 Å². The Morgan fingerprint density at radius 3 is 2.22 bits per heavy atom. The van der Waals surface area contributed by atoms with Gasteiger partial charge in [-0.3, -0.25) is 4.90 Å². The fourth-order valence-electron chi connectivity index (χ4n) is 2.47. The smallest absolute Gasteiger partial charge is 0.410 e. The molecule has 1 amide bonds. The summed E-state index contributed by atoms with van der Waals surface area (Å²) in [7, 11) is 0. The number of amides is 1. The molecule has 2 rings (SSSR count). The van der Waals surface area contributed by atoms with E-state index in [1.54, 1.807) is 0 Å². The van der Waals surface area contributed by atoms with Crippen LogP contribution in [-0.2, 0) is 4.74 Å². The maximum absolute atomic E-state index is 11.9. The van der Waals surface area contributed by atoms with E-state index in [1.165, 1.54) is 0 Å². The van der Waals surface area contributed by atoms with E-state index in [1.807, 2.05) is 25.7 Å². The van der Waals surface area contributed by atoms with E-state index in [2.05, 4.69) is 17.1 Å². The molecule has 104 valence electrons. The van der Waals surface area contributed by atoms with E-state index in [0.717, 1.165) is 32.7 Å². The average molecular weight is 255 g/mol. The van der Waals surface area contributed by atoms with Gasteiger partial charge >= 0.3 is 6.09 Å². The highest BCUT2D eigenvalue weighted by Gasteiger charge is 2.34. The molecule has 0 aliphatic carbocycles. The highest BCUT2D eigenvalue weighted by atomic mass is 16.6. The van der Waals surface area contributed by atoms with Gasteiger partial charge < -0.3 is 15.0 Å². The zero-order valence-electron chi connectivity index (χ0n) is 11.9. The molecular formula is C13H25N3O2. The molecule has 0 aromatic rings. The van der Waals surface area contributed by atoms with Crippen LogP contribution in [0.3, 0.4) is 0 Å². The summed E-state index contributed by atoms with van der Waals surface area (Å²) in [6.45, 7) is 12.5. The normalized spacial score (nSPS) is 29.9. The lowest BCUT2D eigenvalue weighted by molar-refractivity contribution is 0.00274. The molecule has 1 N–H and O–H groups in total. The molecular weight excluding hydrogens is 230 g/mol. The fraction of sp³-hybridized carbons (Fsp3) is 0.923. The van der Waals surface area contributed by atoms with Crippen LogP contribution >= 0.6 is 0 Å². The Balaban J connectivity index is 1.78. The van der Waals surface area contributed by atoms with E-state index < -0.39 is 5.60 Å². The highest BCUT2D eigenvalue weighted by molar-refractivity contribution is 5.68. The van der Waals surface area contributed by atoms with Gasteiger partial charge in [0.1, 0.15) is 5.60 Å². The standard InChI is InChI=1S/C13H25N3O2/c1-10-11(9-14-10)15-5-7-16(8-6-15)12(17)18-13(2,3)4/h10-11,14H,5-9H2,1-4H3. The van der Waals surface area contributed by atoms with Crippen LogP contribution in [0.15, 0.2) is 0 Å². The second kappa shape index (κ2) is 5.05. The number of nitrogens with zero attached hydrogens (tertiary/aromatic N) is 2. The van der Waals surface area contributed by atoms with Gasteiger partial charge in [-0.2, -0.15) is 0 Å². The van der Waals surface area contributed by atoms with Gasteiger partial charge in [-0.15, -0.1) is 0 Å². The average Bonchev–Trinajstić information content (AvgIpc) is 2.25. The molecule has 5 heteroatoms. The van der Waals surface area contributed by atoms with Crippen molar-refractivity contribution < 1.29 is 9.53 Å². The van der Waals surface area contributed by atoms with Gasteiger partial charge in [0, 0.05) is 44.8 Å². The monoisotopic (exact) mass is 255 g/mol. The molecule has 0 bridgehead atoms. The molecule has 2 aliphatic heterocycles. The van der Waals surface area contributed by atoms with Crippen molar-refractivity contribution >= 4 is 6.09 Å². The minimum absolute atomic E-state index is 0.179. The highest BCUT2D eigenvalue weighted by Crippen LogP contribution is 2.16. The summed E-state index contributed by atoms with van der Waals surface area (Å²) in [5.41, 5.74) is -0.402. The number of carbonyl (C=O) groups is 1. The zero-order chi connectivity index (χ0) is 13.3. The Bertz CT molecular complexity index is 306. The Morgan fingerprint density at radius 2 is 1.83 bits per heavy atom. The molecule has 0 aromatic carbocycles. The summed E-state index contributed by atoms with van der Waals surface area (Å²) in [6.07, 6.45) is -0.179. The molecule has 2 aliphatic rings. The van der Waals surface area contributed by atoms with Crippen LogP contribution < -0.4 is 5.32 Å². The van der Waals surface area contributed by atoms with Gasteiger partial charge in [0.2, 0.25) is 0 Å². The summed E-state index contributed by atoms with van der Waals surface area (Å²) in [6, 6.07) is 1.23. The molecule has 0 radical (unpaired) electrons. The lowest BCUT2D eigenvalue weighted by Crippen LogP contribution is -2.66. The number of piperazine rings is 1. The van der Waals surface area contributed by atoms with Crippen molar-refractivity contribution in [3.8, 4) is 0 Å². The van der Waals surface area contributed by atoms with Crippen LogP contribution in [0.4, 0.5) is 4.79 Å². The minimum Gasteiger partial charge on any atom is -0.444 e. The summed E-state index contributed by atoms with van der Waals surface area (Å²) in [4.78, 5) is 16.2. The molecule has 18 heavy (non-hydrogen) atoms. The molecule has 0 aromatic heterocycles. The molecule has 2 saturated heterocycles. The number of hydrogen-bond donors (Lipinski definition) is 1. The number of carbonyl (C=O) groups excluding carboxylic acids is 1. The van der Waals surface area contributed by atoms with Gasteiger partial charge in [-0.25, -0.2) is 4.79 Å². The Kier molecular flexibility index (Phi) is 3.82. The van der Waals surface area contributed by atoms with Crippen molar-refractivity contribution in [2.75, 3.05) is 32.7 Å². The first-order chi connectivity index (χ1) is 8.37. The van der Waals surface area contributed by atoms with Crippen molar-refractivity contribution in [2.45, 2.75) is 45.4 Å². The summed E-state index contributed by atoms with van der Waals surface area (Å²) < 4.78 is 5.39. The first kappa shape index (κ1) is 13.6. The van der Waals surface area contributed by atoms with Crippen LogP contribution in [0.5, 0.6) is 0 Å². The van der Waals surface area contributed by atoms with E-state index in [-0.39, 0.29) is 6.09 Å². The quantitative estimate of drug-likeness (QED) is 0.756. The van der Waals surface area contributed by atoms with E-state index in [4.69, 9.17) is 4.74 Å². The molecule has 2 fully saturated rings. The maximum atomic E-state index is 11.9. The van der Waals surface area contributed by atoms with E-state index in [0.29, 0.717) is 12.1 Å². The molecule has 2 heterocycles. The predicted molar refractivity (Wildman–Crippen MR) is 70.6 cm³/mol. The van der Waals surface area contributed by atoms with Crippen LogP contribution in [-0.4, -0.2) is 66.3 Å². The topological polar surface area (TPSA) is 44.8 Å². The molecule has 2 unspecified atom stereocenters. The van der Waals surface area contributed by atoms with Crippen molar-refractivity contribution in [2.24, 2.45) is 0 Å². The molecule has 2 atom stereocenters. The Hall–Kier alpha value is -0.810. The molecule has 0 saturated carbocycles. The molecule has 0 spiro atoms. The Labute approximate surface area is 109 Å². The van der Waals surface area contributed by atoms with Crippen molar-refractivity contribution in [1.29, 1.82) is 0 Å². The van der Waals surface area contributed by atoms with E-state index >= 15 is 0 Å². The first-order valence-electron chi connectivity index (χ1n) is 6.82. The van der Waals surface area contributed by atoms with Crippen LogP contribution in [0, 0.1) is 0 Å². The maximum Gasteiger partial charge on any atom is 0.410 e. The van der Waals surface area contributed by atoms with Crippen LogP contribution in [0.1, 0.15) is 27.7 Å². The van der Waals surface area contributed by atoms with Gasteiger partial charge in [-0.05, 0) is 27.7 Å². The number of rotatable bonds is 1. The van der Waals surface area contributed by atoms with Crippen molar-refractivity contribution in [3.63, 3.8) is 0 Å². The summed E-state index contributed by atoms with van der Waals surface area (Å²) in [5, 5.41) is 3.37. The summed E-state index contributed by atoms with van der Waals surface area (Å²) in [5.74, 6) is 0. The Morgan fingerprint density at radius 1 is 1.22 bits per heavy atom. The van der Waals surface area contributed by atoms with Gasteiger partial charge in [0.15, 0.2) is 0 Å². The van der Waals surface area contributed by atoms with Gasteiger partial charge in [0.25, 0.3) is 0 Å². The SMILES string of the molecule is CC1NCC1N1CCN(C(=O)OC(C)(C)C)CC1. The van der Waals surface area contributed by atoms with Crippen molar-refractivity contribution in [1.82, 2.24) is 15.1 Å². The minimum atomic E-state index is -0.402. The zero-order valence-corrected chi connectivity index (χ0v) is 11.9. The lowest BCUT2D eigenvalue weighted by atomic mass is 9.99. The van der Waals surface area contributed by atoms with Crippen LogP contribution in [0.2, 0.25) is 0 Å². The number of hydrogen-bond acceptors (Lipinski definition) is 4. The summed E-state index contributed by atoms with van der Waals surface area (Å²) >= 11 is 0. The number of nitrogens with one attached hydrogen (secondary N) is 1. The fourth-order valence-corrected chi connectivity index (χ4v) is 2.47. The van der Waals surface area contributed by atoms with Gasteiger partial charge in [0.05, 0.1) is 0 Å². The second-order valence-corrected chi connectivity index (χ2v) is 6.27. The largest absolute Gasteiger partial charge is 0.444 e. The van der Waals surface area contributed by atoms with E-state index in [9.17, 15) is 4.79 Å². The lowest BCUT2D eigenvalue weighted by Gasteiger charge is -2.47. The number of ether oxygens (including phenoxy) is 1. The predicted octanol–water partition coefficient (Wildman–Crippen LogP) is 0.899. The third-order valence-corrected chi connectivity index (χ3v) is 3.66. The third kappa shape index (κ3) is 3.14. The molecule has 5 nitrogen and oxygen atoms in total. The second-order valence-electron chi connectivity index (χ2n) is 6.27. The van der Waals surface area contributed by atoms with Crippen LogP contribution in [0.25, 0.3) is 0 Å². The van der Waals surface area contributed by atoms with Crippen molar-refractivity contribution in [3.05, 3.63) is 0 Å². The third-order valence-electron chi connectivity index (χ3n) is 3.66. The first-order valence-corrected chi connectivity index (χ1v) is 6.82.